The Morgan fingerprint density at radius 2 is 2.14 bits per heavy atom. The van der Waals surface area contributed by atoms with Crippen molar-refractivity contribution in [2.75, 3.05) is 26.8 Å². The molecule has 0 saturated carbocycles. The topological polar surface area (TPSA) is 56.6 Å². The highest BCUT2D eigenvalue weighted by Gasteiger charge is 2.31. The van der Waals surface area contributed by atoms with Crippen molar-refractivity contribution in [3.63, 3.8) is 0 Å². The number of likely N-dealkylation sites (tertiary alicyclic amines) is 1. The van der Waals surface area contributed by atoms with Gasteiger partial charge in [0.1, 0.15) is 17.2 Å². The molecule has 0 spiro atoms. The molecule has 6 nitrogen and oxygen atoms in total. The second-order valence-corrected chi connectivity index (χ2v) is 8.37. The van der Waals surface area contributed by atoms with E-state index in [0.29, 0.717) is 25.2 Å². The molecule has 2 heterocycles. The molecule has 1 aromatic carbocycles. The molecule has 1 aliphatic rings. The first kappa shape index (κ1) is 20.6. The molecule has 1 aliphatic heterocycles. The van der Waals surface area contributed by atoms with Crippen molar-refractivity contribution in [3.8, 4) is 0 Å². The molecule has 28 heavy (non-hydrogen) atoms. The van der Waals surface area contributed by atoms with E-state index >= 15 is 0 Å². The van der Waals surface area contributed by atoms with Crippen LogP contribution in [-0.2, 0) is 16.0 Å². The molecule has 0 aliphatic carbocycles. The average molecular weight is 391 g/mol. The van der Waals surface area contributed by atoms with Crippen LogP contribution in [0.1, 0.15) is 51.8 Å². The summed E-state index contributed by atoms with van der Waals surface area (Å²) in [6.07, 6.45) is 2.38. The van der Waals surface area contributed by atoms with Crippen LogP contribution in [0.2, 0.25) is 0 Å². The third-order valence-electron chi connectivity index (χ3n) is 4.91. The minimum absolute atomic E-state index is 0.0966. The van der Waals surface area contributed by atoms with Crippen LogP contribution in [0.4, 0.5) is 9.18 Å². The predicted molar refractivity (Wildman–Crippen MR) is 106 cm³/mol. The normalized spacial score (nSPS) is 17.9. The van der Waals surface area contributed by atoms with Crippen molar-refractivity contribution < 1.29 is 18.7 Å². The first-order valence-electron chi connectivity index (χ1n) is 9.91. The highest BCUT2D eigenvalue weighted by atomic mass is 19.1. The number of amides is 1. The fourth-order valence-corrected chi connectivity index (χ4v) is 3.72. The second-order valence-electron chi connectivity index (χ2n) is 8.37. The van der Waals surface area contributed by atoms with Gasteiger partial charge in [-0.1, -0.05) is 0 Å². The van der Waals surface area contributed by atoms with E-state index in [1.165, 1.54) is 12.1 Å². The summed E-state index contributed by atoms with van der Waals surface area (Å²) in [7, 11) is 1.68. The van der Waals surface area contributed by atoms with E-state index in [1.54, 1.807) is 18.1 Å². The molecule has 3 rings (SSSR count). The number of hydrogen-bond acceptors (Lipinski definition) is 4. The van der Waals surface area contributed by atoms with E-state index in [9.17, 15) is 9.18 Å². The Morgan fingerprint density at radius 3 is 2.86 bits per heavy atom. The molecule has 154 valence electrons. The van der Waals surface area contributed by atoms with E-state index in [0.717, 1.165) is 37.1 Å². The molecule has 1 amide bonds. The van der Waals surface area contributed by atoms with Gasteiger partial charge < -0.3 is 18.9 Å². The Morgan fingerprint density at radius 1 is 1.36 bits per heavy atom. The molecule has 0 N–H and O–H groups in total. The van der Waals surface area contributed by atoms with Crippen molar-refractivity contribution in [2.24, 2.45) is 0 Å². The van der Waals surface area contributed by atoms with E-state index in [4.69, 9.17) is 14.5 Å². The molecule has 1 atom stereocenters. The van der Waals surface area contributed by atoms with Gasteiger partial charge in [0, 0.05) is 45.3 Å². The van der Waals surface area contributed by atoms with E-state index < -0.39 is 5.60 Å². The number of aryl methyl sites for hydroxylation is 1. The monoisotopic (exact) mass is 391 g/mol. The van der Waals surface area contributed by atoms with Crippen LogP contribution in [0.3, 0.4) is 0 Å². The number of nitrogens with zero attached hydrogens (tertiary/aromatic N) is 3. The lowest BCUT2D eigenvalue weighted by molar-refractivity contribution is 0.0195. The third kappa shape index (κ3) is 4.82. The molecule has 7 heteroatoms. The summed E-state index contributed by atoms with van der Waals surface area (Å²) >= 11 is 0. The van der Waals surface area contributed by atoms with Gasteiger partial charge in [-0.3, -0.25) is 0 Å². The maximum atomic E-state index is 13.7. The Bertz CT molecular complexity index is 828. The van der Waals surface area contributed by atoms with Crippen LogP contribution >= 0.6 is 0 Å². The van der Waals surface area contributed by atoms with Gasteiger partial charge in [0.25, 0.3) is 0 Å². The molecule has 1 aromatic heterocycles. The number of aromatic nitrogens is 2. The van der Waals surface area contributed by atoms with Crippen molar-refractivity contribution in [3.05, 3.63) is 29.8 Å². The van der Waals surface area contributed by atoms with Crippen LogP contribution in [0.15, 0.2) is 18.2 Å². The molecular weight excluding hydrogens is 361 g/mol. The summed E-state index contributed by atoms with van der Waals surface area (Å²) in [6, 6.07) is 4.72. The van der Waals surface area contributed by atoms with Crippen molar-refractivity contribution >= 4 is 17.1 Å². The zero-order valence-electron chi connectivity index (χ0n) is 17.2. The number of piperidine rings is 1. The van der Waals surface area contributed by atoms with Crippen molar-refractivity contribution in [1.82, 2.24) is 14.5 Å². The highest BCUT2D eigenvalue weighted by molar-refractivity contribution is 5.76. The lowest BCUT2D eigenvalue weighted by Crippen LogP contribution is -2.42. The molecule has 0 bridgehead atoms. The summed E-state index contributed by atoms with van der Waals surface area (Å²) in [5.41, 5.74) is 1.05. The molecule has 2 aromatic rings. The Balaban J connectivity index is 1.86. The Hall–Kier alpha value is -2.15. The van der Waals surface area contributed by atoms with Gasteiger partial charge in [0.2, 0.25) is 0 Å². The zero-order chi connectivity index (χ0) is 20.3. The van der Waals surface area contributed by atoms with Crippen LogP contribution in [0, 0.1) is 5.82 Å². The molecule has 1 fully saturated rings. The molecule has 0 radical (unpaired) electrons. The summed E-state index contributed by atoms with van der Waals surface area (Å²) < 4.78 is 26.6. The zero-order valence-corrected chi connectivity index (χ0v) is 17.2. The first-order valence-corrected chi connectivity index (χ1v) is 9.91. The summed E-state index contributed by atoms with van der Waals surface area (Å²) in [5, 5.41) is 0. The number of hydrogen-bond donors (Lipinski definition) is 0. The second kappa shape index (κ2) is 8.47. The first-order chi connectivity index (χ1) is 13.3. The molecule has 1 unspecified atom stereocenters. The van der Waals surface area contributed by atoms with Gasteiger partial charge in [0.05, 0.1) is 11.0 Å². The van der Waals surface area contributed by atoms with E-state index in [1.807, 2.05) is 20.8 Å². The van der Waals surface area contributed by atoms with Gasteiger partial charge in [-0.25, -0.2) is 14.2 Å². The molecule has 1 saturated heterocycles. The smallest absolute Gasteiger partial charge is 0.410 e. The Kier molecular flexibility index (Phi) is 6.23. The van der Waals surface area contributed by atoms with Crippen LogP contribution in [-0.4, -0.2) is 53.0 Å². The van der Waals surface area contributed by atoms with Gasteiger partial charge in [-0.2, -0.15) is 0 Å². The van der Waals surface area contributed by atoms with Crippen molar-refractivity contribution in [2.45, 2.75) is 58.1 Å². The number of rotatable bonds is 5. The number of fused-ring (bicyclic) bond motifs is 1. The number of imidazole rings is 1. The number of methoxy groups -OCH3 is 1. The van der Waals surface area contributed by atoms with Crippen LogP contribution < -0.4 is 0 Å². The van der Waals surface area contributed by atoms with Crippen LogP contribution in [0.5, 0.6) is 0 Å². The van der Waals surface area contributed by atoms with E-state index in [2.05, 4.69) is 4.57 Å². The maximum absolute atomic E-state index is 13.7. The SMILES string of the molecule is COCCCn1c(C2CCCN(C(=O)OC(C)(C)C)C2)nc2cc(F)ccc21. The predicted octanol–water partition coefficient (Wildman–Crippen LogP) is 4.33. The van der Waals surface area contributed by atoms with Gasteiger partial charge in [-0.15, -0.1) is 0 Å². The summed E-state index contributed by atoms with van der Waals surface area (Å²) in [4.78, 5) is 19.0. The lowest BCUT2D eigenvalue weighted by atomic mass is 9.97. The highest BCUT2D eigenvalue weighted by Crippen LogP contribution is 2.30. The Labute approximate surface area is 165 Å². The minimum Gasteiger partial charge on any atom is -0.444 e. The summed E-state index contributed by atoms with van der Waals surface area (Å²) in [6.45, 7) is 8.25. The van der Waals surface area contributed by atoms with Gasteiger partial charge in [0.15, 0.2) is 0 Å². The number of carbonyl (C=O) groups is 1. The number of ether oxygens (including phenoxy) is 2. The standard InChI is InChI=1S/C21H30FN3O3/c1-21(2,3)28-20(26)24-10-5-7-15(14-24)19-23-17-13-16(22)8-9-18(17)25(19)11-6-12-27-4/h8-9,13,15H,5-7,10-12,14H2,1-4H3. The van der Waals surface area contributed by atoms with E-state index in [-0.39, 0.29) is 17.8 Å². The number of halogens is 1. The van der Waals surface area contributed by atoms with Crippen LogP contribution in [0.25, 0.3) is 11.0 Å². The minimum atomic E-state index is -0.519. The van der Waals surface area contributed by atoms with Gasteiger partial charge >= 0.3 is 6.09 Å². The number of benzene rings is 1. The quantitative estimate of drug-likeness (QED) is 0.712. The lowest BCUT2D eigenvalue weighted by Gasteiger charge is -2.34. The third-order valence-corrected chi connectivity index (χ3v) is 4.91. The maximum Gasteiger partial charge on any atom is 0.410 e. The van der Waals surface area contributed by atoms with Crippen molar-refractivity contribution in [1.29, 1.82) is 0 Å². The fourth-order valence-electron chi connectivity index (χ4n) is 3.72. The molecular formula is C21H30FN3O3. The van der Waals surface area contributed by atoms with Gasteiger partial charge in [-0.05, 0) is 52.2 Å². The number of carbonyl (C=O) groups excluding carboxylic acids is 1. The summed E-state index contributed by atoms with van der Waals surface area (Å²) in [5.74, 6) is 0.712. The largest absolute Gasteiger partial charge is 0.444 e. The average Bonchev–Trinajstić information content (AvgIpc) is 2.98. The fraction of sp³-hybridized carbons (Fsp3) is 0.619.